The molecule has 0 bridgehead atoms. The third-order valence-corrected chi connectivity index (χ3v) is 5.35. The van der Waals surface area contributed by atoms with Crippen LogP contribution < -0.4 is 10.6 Å². The van der Waals surface area contributed by atoms with Crippen LogP contribution in [0.5, 0.6) is 0 Å². The Labute approximate surface area is 162 Å². The minimum atomic E-state index is -0.219. The first kappa shape index (κ1) is 19.6. The van der Waals surface area contributed by atoms with Crippen molar-refractivity contribution in [3.63, 3.8) is 0 Å². The summed E-state index contributed by atoms with van der Waals surface area (Å²) in [5, 5.41) is 9.45. The lowest BCUT2D eigenvalue weighted by molar-refractivity contribution is -0.0828. The van der Waals surface area contributed by atoms with Gasteiger partial charge in [-0.05, 0) is 30.2 Å². The number of benzene rings is 2. The van der Waals surface area contributed by atoms with Crippen LogP contribution in [0.4, 0.5) is 0 Å². The van der Waals surface area contributed by atoms with E-state index in [9.17, 15) is 0 Å². The van der Waals surface area contributed by atoms with E-state index in [4.69, 9.17) is 14.5 Å². The summed E-state index contributed by atoms with van der Waals surface area (Å²) in [7, 11) is 1.78. The van der Waals surface area contributed by atoms with Gasteiger partial charge in [0.05, 0.1) is 18.2 Å². The first-order valence-electron chi connectivity index (χ1n) is 9.83. The van der Waals surface area contributed by atoms with E-state index >= 15 is 0 Å². The molecule has 1 aliphatic heterocycles. The number of methoxy groups -OCH3 is 1. The quantitative estimate of drug-likeness (QED) is 0.603. The molecule has 0 saturated carbocycles. The molecule has 0 aliphatic carbocycles. The monoisotopic (exact) mass is 369 g/mol. The Morgan fingerprint density at radius 1 is 1.19 bits per heavy atom. The predicted octanol–water partition coefficient (Wildman–Crippen LogP) is 3.65. The third-order valence-electron chi connectivity index (χ3n) is 5.35. The molecule has 0 amide bonds. The van der Waals surface area contributed by atoms with Crippen molar-refractivity contribution in [2.45, 2.75) is 38.3 Å². The summed E-state index contributed by atoms with van der Waals surface area (Å²) in [4.78, 5) is 4.84. The molecule has 5 nitrogen and oxygen atoms in total. The Balaban J connectivity index is 1.76. The summed E-state index contributed by atoms with van der Waals surface area (Å²) in [6, 6.07) is 15.1. The largest absolute Gasteiger partial charge is 0.381 e. The molecule has 1 saturated heterocycles. The Morgan fingerprint density at radius 3 is 2.67 bits per heavy atom. The summed E-state index contributed by atoms with van der Waals surface area (Å²) in [6.45, 7) is 7.18. The second kappa shape index (κ2) is 9.20. The van der Waals surface area contributed by atoms with Crippen molar-refractivity contribution in [3.8, 4) is 0 Å². The third kappa shape index (κ3) is 4.79. The van der Waals surface area contributed by atoms with Crippen LogP contribution in [0.25, 0.3) is 10.8 Å². The van der Waals surface area contributed by atoms with Gasteiger partial charge in [0.1, 0.15) is 0 Å². The molecule has 2 aromatic carbocycles. The minimum Gasteiger partial charge on any atom is -0.381 e. The zero-order valence-corrected chi connectivity index (χ0v) is 16.6. The Hall–Kier alpha value is -2.11. The number of ether oxygens (including phenoxy) is 2. The van der Waals surface area contributed by atoms with Gasteiger partial charge in [-0.3, -0.25) is 4.99 Å². The fourth-order valence-corrected chi connectivity index (χ4v) is 3.62. The number of hydrogen-bond acceptors (Lipinski definition) is 3. The lowest BCUT2D eigenvalue weighted by Gasteiger charge is -2.34. The number of nitrogens with zero attached hydrogens (tertiary/aromatic N) is 1. The summed E-state index contributed by atoms with van der Waals surface area (Å²) in [6.07, 6.45) is 1.76. The van der Waals surface area contributed by atoms with Gasteiger partial charge in [0.2, 0.25) is 0 Å². The van der Waals surface area contributed by atoms with E-state index < -0.39 is 0 Å². The molecule has 2 N–H and O–H groups in total. The van der Waals surface area contributed by atoms with Crippen molar-refractivity contribution in [1.82, 2.24) is 10.6 Å². The summed E-state index contributed by atoms with van der Waals surface area (Å²) >= 11 is 0. The predicted molar refractivity (Wildman–Crippen MR) is 111 cm³/mol. The van der Waals surface area contributed by atoms with Crippen LogP contribution in [0, 0.1) is 0 Å². The molecule has 146 valence electrons. The maximum atomic E-state index is 5.81. The van der Waals surface area contributed by atoms with E-state index in [-0.39, 0.29) is 11.6 Å². The van der Waals surface area contributed by atoms with Crippen molar-refractivity contribution >= 4 is 16.7 Å². The van der Waals surface area contributed by atoms with Gasteiger partial charge in [0.15, 0.2) is 5.96 Å². The van der Waals surface area contributed by atoms with Crippen molar-refractivity contribution in [3.05, 3.63) is 48.0 Å². The second-order valence-electron chi connectivity index (χ2n) is 7.13. The van der Waals surface area contributed by atoms with E-state index in [2.05, 4.69) is 66.9 Å². The molecular formula is C22H31N3O2. The van der Waals surface area contributed by atoms with Gasteiger partial charge in [-0.15, -0.1) is 0 Å². The first-order valence-corrected chi connectivity index (χ1v) is 9.83. The van der Waals surface area contributed by atoms with E-state index in [1.807, 2.05) is 0 Å². The van der Waals surface area contributed by atoms with Crippen LogP contribution in [0.3, 0.4) is 0 Å². The summed E-state index contributed by atoms with van der Waals surface area (Å²) < 4.78 is 11.3. The molecule has 1 unspecified atom stereocenters. The molecular weight excluding hydrogens is 338 g/mol. The highest BCUT2D eigenvalue weighted by molar-refractivity contribution is 5.87. The zero-order valence-electron chi connectivity index (χ0n) is 16.6. The molecule has 1 aliphatic rings. The van der Waals surface area contributed by atoms with Gasteiger partial charge in [-0.1, -0.05) is 42.5 Å². The molecule has 1 heterocycles. The van der Waals surface area contributed by atoms with E-state index in [1.54, 1.807) is 7.11 Å². The molecule has 3 rings (SSSR count). The van der Waals surface area contributed by atoms with Crippen LogP contribution >= 0.6 is 0 Å². The smallest absolute Gasteiger partial charge is 0.191 e. The second-order valence-corrected chi connectivity index (χ2v) is 7.13. The first-order chi connectivity index (χ1) is 13.2. The highest BCUT2D eigenvalue weighted by atomic mass is 16.5. The Kier molecular flexibility index (Phi) is 6.69. The molecule has 2 aromatic rings. The summed E-state index contributed by atoms with van der Waals surface area (Å²) in [5.74, 6) is 0.820. The molecule has 5 heteroatoms. The highest BCUT2D eigenvalue weighted by Crippen LogP contribution is 2.26. The normalized spacial score (nSPS) is 18.3. The lowest BCUT2D eigenvalue weighted by atomic mass is 9.94. The van der Waals surface area contributed by atoms with Crippen LogP contribution in [0.1, 0.15) is 38.3 Å². The SMILES string of the molecule is CCNC(=NCC1(OC)CCOCC1)NC(C)c1cccc2ccccc12. The van der Waals surface area contributed by atoms with Crippen molar-refractivity contribution in [2.75, 3.05) is 33.4 Å². The number of hydrogen-bond donors (Lipinski definition) is 2. The topological polar surface area (TPSA) is 54.9 Å². The summed E-state index contributed by atoms with van der Waals surface area (Å²) in [5.41, 5.74) is 1.05. The highest BCUT2D eigenvalue weighted by Gasteiger charge is 2.32. The maximum Gasteiger partial charge on any atom is 0.191 e. The maximum absolute atomic E-state index is 5.81. The standard InChI is InChI=1S/C22H31N3O2/c1-4-23-21(24-16-22(26-3)12-14-27-15-13-22)25-17(2)19-11-7-9-18-8-5-6-10-20(18)19/h5-11,17H,4,12-16H2,1-3H3,(H2,23,24,25). The van der Waals surface area contributed by atoms with Gasteiger partial charge in [-0.25, -0.2) is 0 Å². The fraction of sp³-hybridized carbons (Fsp3) is 0.500. The van der Waals surface area contributed by atoms with Crippen molar-refractivity contribution < 1.29 is 9.47 Å². The minimum absolute atomic E-state index is 0.141. The Bertz CT molecular complexity index is 764. The van der Waals surface area contributed by atoms with Crippen LogP contribution in [0.2, 0.25) is 0 Å². The van der Waals surface area contributed by atoms with Gasteiger partial charge in [-0.2, -0.15) is 0 Å². The van der Waals surface area contributed by atoms with Crippen LogP contribution in [-0.4, -0.2) is 45.0 Å². The Morgan fingerprint density at radius 2 is 1.93 bits per heavy atom. The fourth-order valence-electron chi connectivity index (χ4n) is 3.62. The number of fused-ring (bicyclic) bond motifs is 1. The van der Waals surface area contributed by atoms with Crippen molar-refractivity contribution in [2.24, 2.45) is 4.99 Å². The van der Waals surface area contributed by atoms with Gasteiger partial charge >= 0.3 is 0 Å². The van der Waals surface area contributed by atoms with Crippen molar-refractivity contribution in [1.29, 1.82) is 0 Å². The molecule has 0 aromatic heterocycles. The zero-order chi connectivity index (χ0) is 19.1. The van der Waals surface area contributed by atoms with Crippen LogP contribution in [0.15, 0.2) is 47.5 Å². The van der Waals surface area contributed by atoms with Gasteiger partial charge < -0.3 is 20.1 Å². The molecule has 0 spiro atoms. The molecule has 1 atom stereocenters. The van der Waals surface area contributed by atoms with Gasteiger partial charge in [0, 0.05) is 39.7 Å². The van der Waals surface area contributed by atoms with E-state index in [0.29, 0.717) is 6.54 Å². The molecule has 27 heavy (non-hydrogen) atoms. The van der Waals surface area contributed by atoms with E-state index in [1.165, 1.54) is 16.3 Å². The number of guanidine groups is 1. The number of nitrogens with one attached hydrogen (secondary N) is 2. The number of aliphatic imine (C=N–C) groups is 1. The molecule has 1 fully saturated rings. The number of rotatable bonds is 6. The lowest BCUT2D eigenvalue weighted by Crippen LogP contribution is -2.44. The van der Waals surface area contributed by atoms with E-state index in [0.717, 1.165) is 38.6 Å². The van der Waals surface area contributed by atoms with Gasteiger partial charge in [0.25, 0.3) is 0 Å². The van der Waals surface area contributed by atoms with Crippen LogP contribution in [-0.2, 0) is 9.47 Å². The molecule has 0 radical (unpaired) electrons. The average molecular weight is 370 g/mol. The average Bonchev–Trinajstić information content (AvgIpc) is 2.72.